The van der Waals surface area contributed by atoms with E-state index in [-0.39, 0.29) is 5.92 Å². The molecule has 2 aliphatic heterocycles. The Labute approximate surface area is 158 Å². The van der Waals surface area contributed by atoms with Crippen LogP contribution in [0.5, 0.6) is 0 Å². The van der Waals surface area contributed by atoms with Crippen LogP contribution in [0.4, 0.5) is 0 Å². The smallest absolute Gasteiger partial charge is 0.241 e. The minimum absolute atomic E-state index is 0.188. The van der Waals surface area contributed by atoms with Crippen molar-refractivity contribution in [2.75, 3.05) is 26.2 Å². The number of hydrogen-bond acceptors (Lipinski definition) is 6. The van der Waals surface area contributed by atoms with Crippen molar-refractivity contribution in [2.24, 2.45) is 5.92 Å². The highest BCUT2D eigenvalue weighted by atomic mass is 32.1. The van der Waals surface area contributed by atoms with Gasteiger partial charge in [0, 0.05) is 30.0 Å². The van der Waals surface area contributed by atoms with Gasteiger partial charge in [-0.3, -0.25) is 9.69 Å². The zero-order valence-electron chi connectivity index (χ0n) is 15.1. The van der Waals surface area contributed by atoms with Crippen LogP contribution in [0.3, 0.4) is 0 Å². The fraction of sp³-hybridized carbons (Fsp3) is 0.632. The van der Waals surface area contributed by atoms with Gasteiger partial charge in [-0.2, -0.15) is 16.3 Å². The summed E-state index contributed by atoms with van der Waals surface area (Å²) in [4.78, 5) is 21.7. The third-order valence-corrected chi connectivity index (χ3v) is 6.14. The second-order valence-electron chi connectivity index (χ2n) is 7.31. The van der Waals surface area contributed by atoms with E-state index < -0.39 is 0 Å². The van der Waals surface area contributed by atoms with Crippen LogP contribution >= 0.6 is 11.3 Å². The summed E-state index contributed by atoms with van der Waals surface area (Å²) in [6, 6.07) is 2.00. The van der Waals surface area contributed by atoms with Crippen LogP contribution in [0.25, 0.3) is 11.4 Å². The molecule has 7 heteroatoms. The maximum absolute atomic E-state index is 12.8. The van der Waals surface area contributed by atoms with E-state index in [0.717, 1.165) is 57.4 Å². The van der Waals surface area contributed by atoms with E-state index in [9.17, 15) is 4.79 Å². The third kappa shape index (κ3) is 4.15. The van der Waals surface area contributed by atoms with Crippen LogP contribution in [0.2, 0.25) is 0 Å². The summed E-state index contributed by atoms with van der Waals surface area (Å²) in [5, 5.41) is 8.10. The lowest BCUT2D eigenvalue weighted by Gasteiger charge is -2.33. The number of rotatable bonds is 4. The Morgan fingerprint density at radius 1 is 1.15 bits per heavy atom. The number of aromatic nitrogens is 2. The predicted molar refractivity (Wildman–Crippen MR) is 101 cm³/mol. The maximum atomic E-state index is 12.8. The number of carbonyl (C=O) groups excluding carboxylic acids is 1. The van der Waals surface area contributed by atoms with E-state index in [0.29, 0.717) is 24.2 Å². The van der Waals surface area contributed by atoms with E-state index >= 15 is 0 Å². The van der Waals surface area contributed by atoms with E-state index in [4.69, 9.17) is 4.52 Å². The van der Waals surface area contributed by atoms with Gasteiger partial charge in [-0.05, 0) is 50.2 Å². The van der Waals surface area contributed by atoms with E-state index in [1.807, 2.05) is 16.8 Å². The van der Waals surface area contributed by atoms with Crippen molar-refractivity contribution >= 4 is 17.2 Å². The molecule has 140 valence electrons. The van der Waals surface area contributed by atoms with Gasteiger partial charge in [0.1, 0.15) is 0 Å². The van der Waals surface area contributed by atoms with Crippen molar-refractivity contribution < 1.29 is 9.32 Å². The molecule has 2 saturated heterocycles. The zero-order chi connectivity index (χ0) is 17.8. The van der Waals surface area contributed by atoms with Crippen molar-refractivity contribution in [1.29, 1.82) is 0 Å². The second-order valence-corrected chi connectivity index (χ2v) is 8.09. The number of piperidine rings is 1. The summed E-state index contributed by atoms with van der Waals surface area (Å²) < 4.78 is 5.40. The number of thiophene rings is 1. The van der Waals surface area contributed by atoms with Gasteiger partial charge in [0.05, 0.1) is 6.54 Å². The average molecular weight is 375 g/mol. The third-order valence-electron chi connectivity index (χ3n) is 5.46. The van der Waals surface area contributed by atoms with Crippen LogP contribution in [0.15, 0.2) is 21.3 Å². The van der Waals surface area contributed by atoms with Gasteiger partial charge < -0.3 is 9.42 Å². The maximum Gasteiger partial charge on any atom is 0.241 e. The number of nitrogens with zero attached hydrogens (tertiary/aromatic N) is 4. The van der Waals surface area contributed by atoms with E-state index in [2.05, 4.69) is 19.9 Å². The summed E-state index contributed by atoms with van der Waals surface area (Å²) in [5.74, 6) is 1.88. The largest absolute Gasteiger partial charge is 0.342 e. The van der Waals surface area contributed by atoms with Crippen molar-refractivity contribution in [3.05, 3.63) is 22.7 Å². The molecule has 2 aromatic heterocycles. The molecule has 4 rings (SSSR count). The molecule has 1 amide bonds. The molecule has 0 unspecified atom stereocenters. The van der Waals surface area contributed by atoms with Gasteiger partial charge in [-0.25, -0.2) is 0 Å². The molecule has 2 fully saturated rings. The van der Waals surface area contributed by atoms with Crippen LogP contribution in [-0.4, -0.2) is 52.0 Å². The molecule has 0 bridgehead atoms. The highest BCUT2D eigenvalue weighted by Crippen LogP contribution is 2.24. The first-order valence-electron chi connectivity index (χ1n) is 9.66. The Morgan fingerprint density at radius 2 is 1.92 bits per heavy atom. The average Bonchev–Trinajstić information content (AvgIpc) is 3.28. The standard InChI is InChI=1S/C19H26N4O2S/c24-19(23-8-3-1-2-4-9-23)15-5-10-22(11-6-15)13-17-20-18(21-25-17)16-7-12-26-14-16/h7,12,14-15H,1-6,8-11,13H2. The molecule has 0 radical (unpaired) electrons. The Balaban J connectivity index is 1.28. The molecule has 0 N–H and O–H groups in total. The molecular formula is C19H26N4O2S. The van der Waals surface area contributed by atoms with Crippen molar-refractivity contribution in [2.45, 2.75) is 45.1 Å². The topological polar surface area (TPSA) is 62.5 Å². The number of likely N-dealkylation sites (tertiary alicyclic amines) is 2. The van der Waals surface area contributed by atoms with Gasteiger partial charge in [0.15, 0.2) is 0 Å². The lowest BCUT2D eigenvalue weighted by atomic mass is 9.95. The molecule has 0 spiro atoms. The zero-order valence-corrected chi connectivity index (χ0v) is 15.9. The fourth-order valence-electron chi connectivity index (χ4n) is 3.91. The van der Waals surface area contributed by atoms with E-state index in [1.54, 1.807) is 11.3 Å². The van der Waals surface area contributed by atoms with Crippen LogP contribution in [0, 0.1) is 5.92 Å². The minimum Gasteiger partial charge on any atom is -0.342 e. The van der Waals surface area contributed by atoms with Crippen LogP contribution in [-0.2, 0) is 11.3 Å². The molecule has 0 atom stereocenters. The quantitative estimate of drug-likeness (QED) is 0.821. The highest BCUT2D eigenvalue weighted by molar-refractivity contribution is 7.08. The summed E-state index contributed by atoms with van der Waals surface area (Å²) in [5.41, 5.74) is 1.01. The molecule has 0 aliphatic carbocycles. The Hall–Kier alpha value is -1.73. The second kappa shape index (κ2) is 8.31. The van der Waals surface area contributed by atoms with Crippen molar-refractivity contribution in [1.82, 2.24) is 19.9 Å². The van der Waals surface area contributed by atoms with E-state index in [1.165, 1.54) is 12.8 Å². The van der Waals surface area contributed by atoms with Gasteiger partial charge in [-0.1, -0.05) is 18.0 Å². The van der Waals surface area contributed by atoms with Crippen LogP contribution < -0.4 is 0 Å². The van der Waals surface area contributed by atoms with Crippen molar-refractivity contribution in [3.63, 3.8) is 0 Å². The number of carbonyl (C=O) groups is 1. The summed E-state index contributed by atoms with van der Waals surface area (Å²) >= 11 is 1.63. The molecular weight excluding hydrogens is 348 g/mol. The van der Waals surface area contributed by atoms with Crippen molar-refractivity contribution in [3.8, 4) is 11.4 Å². The lowest BCUT2D eigenvalue weighted by Crippen LogP contribution is -2.42. The SMILES string of the molecule is O=C(C1CCN(Cc2nc(-c3ccsc3)no2)CC1)N1CCCCCC1. The Morgan fingerprint density at radius 3 is 2.62 bits per heavy atom. The molecule has 4 heterocycles. The number of amides is 1. The first-order chi connectivity index (χ1) is 12.8. The van der Waals surface area contributed by atoms with Gasteiger partial charge >= 0.3 is 0 Å². The molecule has 2 aliphatic rings. The normalized spacial score (nSPS) is 20.2. The first kappa shape index (κ1) is 17.7. The highest BCUT2D eigenvalue weighted by Gasteiger charge is 2.29. The molecule has 0 aromatic carbocycles. The first-order valence-corrected chi connectivity index (χ1v) is 10.6. The fourth-order valence-corrected chi connectivity index (χ4v) is 4.54. The molecule has 0 saturated carbocycles. The monoisotopic (exact) mass is 374 g/mol. The summed E-state index contributed by atoms with van der Waals surface area (Å²) in [7, 11) is 0. The van der Waals surface area contributed by atoms with Gasteiger partial charge in [0.25, 0.3) is 0 Å². The molecule has 26 heavy (non-hydrogen) atoms. The van der Waals surface area contributed by atoms with Crippen LogP contribution in [0.1, 0.15) is 44.4 Å². The predicted octanol–water partition coefficient (Wildman–Crippen LogP) is 3.41. The van der Waals surface area contributed by atoms with Gasteiger partial charge in [0.2, 0.25) is 17.6 Å². The Kier molecular flexibility index (Phi) is 5.65. The Bertz CT molecular complexity index is 699. The number of hydrogen-bond donors (Lipinski definition) is 0. The van der Waals surface area contributed by atoms with Gasteiger partial charge in [-0.15, -0.1) is 0 Å². The lowest BCUT2D eigenvalue weighted by molar-refractivity contribution is -0.137. The molecule has 2 aromatic rings. The minimum atomic E-state index is 0.188. The molecule has 6 nitrogen and oxygen atoms in total. The summed E-state index contributed by atoms with van der Waals surface area (Å²) in [6.45, 7) is 4.40. The summed E-state index contributed by atoms with van der Waals surface area (Å²) in [6.07, 6.45) is 6.71.